The summed E-state index contributed by atoms with van der Waals surface area (Å²) in [7, 11) is -1.29. The average molecular weight is 603 g/mol. The highest BCUT2D eigenvalue weighted by molar-refractivity contribution is 7.80. The normalized spacial score (nSPS) is 11.5. The first-order valence-electron chi connectivity index (χ1n) is 14.7. The molecule has 0 bridgehead atoms. The number of benzene rings is 6. The molecule has 0 saturated heterocycles. The highest BCUT2D eigenvalue weighted by Crippen LogP contribution is 2.33. The summed E-state index contributed by atoms with van der Waals surface area (Å²) in [6, 6.07) is 59.8. The van der Waals surface area contributed by atoms with Crippen molar-refractivity contribution in [2.75, 3.05) is 0 Å². The minimum Gasteiger partial charge on any atom is -0.290 e. The fourth-order valence-corrected chi connectivity index (χ4v) is 9.65. The molecule has 6 rings (SSSR count). The molecule has 3 heteroatoms. The van der Waals surface area contributed by atoms with Crippen LogP contribution < -0.4 is 31.8 Å². The van der Waals surface area contributed by atoms with Gasteiger partial charge >= 0.3 is 0 Å². The van der Waals surface area contributed by atoms with Gasteiger partial charge in [-0.3, -0.25) is 4.79 Å². The highest BCUT2D eigenvalue weighted by atomic mass is 31.1. The SMILES string of the molecule is O=C(C=Cc1ccc(P(c2ccccc2)c2ccccc2)cc1)C=Cc1ccc(P(c2ccccc2)c2ccccc2)cc1. The van der Waals surface area contributed by atoms with Gasteiger partial charge in [0.15, 0.2) is 5.78 Å². The van der Waals surface area contributed by atoms with Crippen LogP contribution in [0.4, 0.5) is 0 Å². The number of hydrogen-bond donors (Lipinski definition) is 0. The van der Waals surface area contributed by atoms with Crippen molar-refractivity contribution >= 4 is 65.6 Å². The molecular formula is C41H32OP2. The monoisotopic (exact) mass is 602 g/mol. The standard InChI is InChI=1S/C41H32OP2/c42-35(27-21-33-23-29-40(30-24-33)43(36-13-5-1-6-14-36)37-15-7-2-8-16-37)28-22-34-25-31-41(32-26-34)44(38-17-9-3-10-18-38)39-19-11-4-12-20-39/h1-32H. The number of ketones is 1. The van der Waals surface area contributed by atoms with Gasteiger partial charge in [0, 0.05) is 0 Å². The van der Waals surface area contributed by atoms with E-state index in [0.717, 1.165) is 11.1 Å². The molecule has 0 heterocycles. The minimum absolute atomic E-state index is 0.0372. The summed E-state index contributed by atoms with van der Waals surface area (Å²) in [5.41, 5.74) is 2.01. The van der Waals surface area contributed by atoms with E-state index in [9.17, 15) is 4.79 Å². The third-order valence-electron chi connectivity index (χ3n) is 7.24. The Morgan fingerprint density at radius 3 is 0.864 bits per heavy atom. The molecule has 1 nitrogen and oxygen atoms in total. The minimum atomic E-state index is -0.646. The van der Waals surface area contributed by atoms with E-state index >= 15 is 0 Å². The van der Waals surface area contributed by atoms with Gasteiger partial charge in [0.05, 0.1) is 0 Å². The second-order valence-electron chi connectivity index (χ2n) is 10.3. The molecule has 0 saturated carbocycles. The Bertz CT molecular complexity index is 1610. The van der Waals surface area contributed by atoms with Crippen LogP contribution in [0.3, 0.4) is 0 Å². The molecule has 0 spiro atoms. The van der Waals surface area contributed by atoms with Crippen molar-refractivity contribution < 1.29 is 4.79 Å². The van der Waals surface area contributed by atoms with Crippen LogP contribution in [0.5, 0.6) is 0 Å². The van der Waals surface area contributed by atoms with E-state index in [1.165, 1.54) is 31.8 Å². The predicted octanol–water partition coefficient (Wildman–Crippen LogP) is 7.50. The zero-order valence-electron chi connectivity index (χ0n) is 24.3. The molecule has 0 aromatic heterocycles. The molecule has 6 aromatic rings. The van der Waals surface area contributed by atoms with E-state index in [1.807, 2.05) is 12.2 Å². The Hall–Kier alpha value is -4.67. The number of carbonyl (C=O) groups excluding carboxylic acids is 1. The van der Waals surface area contributed by atoms with Gasteiger partial charge in [-0.2, -0.15) is 0 Å². The third kappa shape index (κ3) is 7.45. The number of hydrogen-bond acceptors (Lipinski definition) is 1. The van der Waals surface area contributed by atoms with Crippen molar-refractivity contribution in [2.24, 2.45) is 0 Å². The zero-order chi connectivity index (χ0) is 30.0. The number of rotatable bonds is 10. The van der Waals surface area contributed by atoms with E-state index in [1.54, 1.807) is 12.2 Å². The molecule has 0 fully saturated rings. The molecule has 0 amide bonds. The van der Waals surface area contributed by atoms with Crippen LogP contribution in [0.15, 0.2) is 182 Å². The largest absolute Gasteiger partial charge is 0.290 e. The van der Waals surface area contributed by atoms with E-state index in [2.05, 4.69) is 170 Å². The van der Waals surface area contributed by atoms with Crippen molar-refractivity contribution in [3.05, 3.63) is 193 Å². The van der Waals surface area contributed by atoms with E-state index in [0.29, 0.717) is 0 Å². The maximum absolute atomic E-state index is 12.7. The maximum Gasteiger partial charge on any atom is 0.178 e. The van der Waals surface area contributed by atoms with Gasteiger partial charge < -0.3 is 0 Å². The molecule has 0 radical (unpaired) electrons. The molecule has 0 aliphatic heterocycles. The fourth-order valence-electron chi connectivity index (χ4n) is 5.08. The first kappa shape index (κ1) is 29.4. The summed E-state index contributed by atoms with van der Waals surface area (Å²) < 4.78 is 0. The first-order valence-corrected chi connectivity index (χ1v) is 17.3. The molecule has 6 aromatic carbocycles. The lowest BCUT2D eigenvalue weighted by molar-refractivity contribution is -0.110. The van der Waals surface area contributed by atoms with Crippen LogP contribution in [0.25, 0.3) is 12.2 Å². The molecular weight excluding hydrogens is 570 g/mol. The Labute approximate surface area is 262 Å². The Morgan fingerprint density at radius 2 is 0.591 bits per heavy atom. The van der Waals surface area contributed by atoms with Gasteiger partial charge in [-0.25, -0.2) is 0 Å². The van der Waals surface area contributed by atoms with Crippen LogP contribution in [0.1, 0.15) is 11.1 Å². The average Bonchev–Trinajstić information content (AvgIpc) is 3.10. The quantitative estimate of drug-likeness (QED) is 0.117. The molecule has 0 atom stereocenters. The third-order valence-corrected chi connectivity index (χ3v) is 12.1. The summed E-state index contributed by atoms with van der Waals surface area (Å²) in [6.07, 6.45) is 7.06. The smallest absolute Gasteiger partial charge is 0.178 e. The topological polar surface area (TPSA) is 17.1 Å². The molecule has 0 unspecified atom stereocenters. The van der Waals surface area contributed by atoms with Gasteiger partial charge in [-0.15, -0.1) is 0 Å². The van der Waals surface area contributed by atoms with Crippen LogP contribution in [-0.4, -0.2) is 5.78 Å². The second-order valence-corrected chi connectivity index (χ2v) is 14.7. The van der Waals surface area contributed by atoms with Crippen LogP contribution >= 0.6 is 15.8 Å². The van der Waals surface area contributed by atoms with Crippen molar-refractivity contribution in [3.8, 4) is 0 Å². The highest BCUT2D eigenvalue weighted by Gasteiger charge is 2.17. The van der Waals surface area contributed by atoms with E-state index < -0.39 is 15.8 Å². The van der Waals surface area contributed by atoms with Gasteiger partial charge in [-0.1, -0.05) is 182 Å². The van der Waals surface area contributed by atoms with Gasteiger partial charge in [-0.05, 0) is 70.9 Å². The summed E-state index contributed by atoms with van der Waals surface area (Å²) in [6.45, 7) is 0. The molecule has 44 heavy (non-hydrogen) atoms. The lowest BCUT2D eigenvalue weighted by Crippen LogP contribution is -2.20. The molecule has 212 valence electrons. The number of carbonyl (C=O) groups is 1. The van der Waals surface area contributed by atoms with Gasteiger partial charge in [0.2, 0.25) is 0 Å². The Balaban J connectivity index is 1.13. The van der Waals surface area contributed by atoms with Crippen LogP contribution in [-0.2, 0) is 4.79 Å². The van der Waals surface area contributed by atoms with E-state index in [-0.39, 0.29) is 5.78 Å². The maximum atomic E-state index is 12.7. The van der Waals surface area contributed by atoms with Gasteiger partial charge in [0.25, 0.3) is 0 Å². The Kier molecular flexibility index (Phi) is 9.81. The lowest BCUT2D eigenvalue weighted by Gasteiger charge is -2.19. The first-order chi connectivity index (χ1) is 21.7. The predicted molar refractivity (Wildman–Crippen MR) is 193 cm³/mol. The van der Waals surface area contributed by atoms with Crippen LogP contribution in [0.2, 0.25) is 0 Å². The van der Waals surface area contributed by atoms with E-state index in [4.69, 9.17) is 0 Å². The second kappa shape index (κ2) is 14.7. The molecule has 0 N–H and O–H groups in total. The van der Waals surface area contributed by atoms with Crippen molar-refractivity contribution in [2.45, 2.75) is 0 Å². The lowest BCUT2D eigenvalue weighted by atomic mass is 10.1. The summed E-state index contributed by atoms with van der Waals surface area (Å²) in [5, 5.41) is 7.85. The molecule has 0 aliphatic carbocycles. The zero-order valence-corrected chi connectivity index (χ0v) is 26.1. The fraction of sp³-hybridized carbons (Fsp3) is 0. The van der Waals surface area contributed by atoms with Crippen molar-refractivity contribution in [3.63, 3.8) is 0 Å². The number of allylic oxidation sites excluding steroid dienone is 2. The molecule has 0 aliphatic rings. The summed E-state index contributed by atoms with van der Waals surface area (Å²) in [4.78, 5) is 12.7. The van der Waals surface area contributed by atoms with Gasteiger partial charge in [0.1, 0.15) is 0 Å². The van der Waals surface area contributed by atoms with Crippen LogP contribution in [0, 0.1) is 0 Å². The van der Waals surface area contributed by atoms with Crippen molar-refractivity contribution in [1.29, 1.82) is 0 Å². The summed E-state index contributed by atoms with van der Waals surface area (Å²) >= 11 is 0. The summed E-state index contributed by atoms with van der Waals surface area (Å²) in [5.74, 6) is -0.0372. The Morgan fingerprint density at radius 1 is 0.341 bits per heavy atom. The van der Waals surface area contributed by atoms with Crippen molar-refractivity contribution in [1.82, 2.24) is 0 Å².